The predicted molar refractivity (Wildman–Crippen MR) is 91.0 cm³/mol. The summed E-state index contributed by atoms with van der Waals surface area (Å²) in [5.41, 5.74) is 1.10. The second-order valence-corrected chi connectivity index (χ2v) is 5.66. The van der Waals surface area contributed by atoms with Gasteiger partial charge in [-0.1, -0.05) is 6.92 Å². The Morgan fingerprint density at radius 2 is 1.95 bits per heavy atom. The van der Waals surface area contributed by atoms with Crippen molar-refractivity contribution < 1.29 is 14.6 Å². The molecule has 21 heavy (non-hydrogen) atoms. The summed E-state index contributed by atoms with van der Waals surface area (Å²) in [5.74, 6) is 0.622. The number of carbonyl (C=O) groups is 1. The molecule has 4 nitrogen and oxygen atoms in total. The molecule has 2 rings (SSSR count). The molecule has 0 aliphatic carbocycles. The predicted octanol–water partition coefficient (Wildman–Crippen LogP) is 4.04. The number of halogens is 1. The Hall–Kier alpha value is -1.76. The third-order valence-electron chi connectivity index (χ3n) is 2.79. The molecule has 2 aromatic rings. The highest BCUT2D eigenvalue weighted by Gasteiger charge is 2.08. The van der Waals surface area contributed by atoms with Crippen LogP contribution in [0.5, 0.6) is 11.5 Å². The molecule has 2 N–H and O–H groups in total. The van der Waals surface area contributed by atoms with Gasteiger partial charge in [-0.05, 0) is 71.5 Å². The maximum absolute atomic E-state index is 12.1. The highest BCUT2D eigenvalue weighted by Crippen LogP contribution is 2.22. The Morgan fingerprint density at radius 1 is 1.24 bits per heavy atom. The van der Waals surface area contributed by atoms with Gasteiger partial charge in [-0.25, -0.2) is 0 Å². The molecule has 110 valence electrons. The summed E-state index contributed by atoms with van der Waals surface area (Å²) in [4.78, 5) is 12.1. The highest BCUT2D eigenvalue weighted by molar-refractivity contribution is 14.1. The number of carbonyl (C=O) groups excluding carboxylic acids is 1. The zero-order valence-corrected chi connectivity index (χ0v) is 13.8. The standard InChI is InChI=1S/C16H16INO3/c1-2-9-21-13-6-4-12(5-7-13)18-16(20)11-3-8-14(17)15(19)10-11/h3-8,10,19H,2,9H2,1H3,(H,18,20). The highest BCUT2D eigenvalue weighted by atomic mass is 127. The topological polar surface area (TPSA) is 58.6 Å². The first-order valence-electron chi connectivity index (χ1n) is 6.63. The van der Waals surface area contributed by atoms with Crippen LogP contribution in [0.1, 0.15) is 23.7 Å². The van der Waals surface area contributed by atoms with E-state index in [4.69, 9.17) is 4.74 Å². The number of amides is 1. The molecule has 0 heterocycles. The van der Waals surface area contributed by atoms with E-state index in [1.165, 1.54) is 6.07 Å². The zero-order valence-electron chi connectivity index (χ0n) is 11.6. The Balaban J connectivity index is 2.03. The quantitative estimate of drug-likeness (QED) is 0.749. The molecule has 0 fully saturated rings. The van der Waals surface area contributed by atoms with Crippen molar-refractivity contribution in [2.24, 2.45) is 0 Å². The van der Waals surface area contributed by atoms with Gasteiger partial charge in [0.15, 0.2) is 0 Å². The van der Waals surface area contributed by atoms with E-state index in [0.717, 1.165) is 12.2 Å². The van der Waals surface area contributed by atoms with Crippen molar-refractivity contribution in [2.75, 3.05) is 11.9 Å². The van der Waals surface area contributed by atoms with E-state index < -0.39 is 0 Å². The lowest BCUT2D eigenvalue weighted by Crippen LogP contribution is -2.11. The van der Waals surface area contributed by atoms with E-state index in [2.05, 4.69) is 5.32 Å². The molecular formula is C16H16INO3. The Bertz CT molecular complexity index is 626. The number of ether oxygens (including phenoxy) is 1. The van der Waals surface area contributed by atoms with E-state index in [9.17, 15) is 9.90 Å². The molecule has 0 radical (unpaired) electrons. The van der Waals surface area contributed by atoms with Crippen molar-refractivity contribution in [1.82, 2.24) is 0 Å². The molecule has 2 aromatic carbocycles. The van der Waals surface area contributed by atoms with Gasteiger partial charge in [0, 0.05) is 11.3 Å². The van der Waals surface area contributed by atoms with Crippen molar-refractivity contribution >= 4 is 34.2 Å². The van der Waals surface area contributed by atoms with Gasteiger partial charge >= 0.3 is 0 Å². The fourth-order valence-corrected chi connectivity index (χ4v) is 2.05. The average molecular weight is 397 g/mol. The summed E-state index contributed by atoms with van der Waals surface area (Å²) in [5, 5.41) is 12.4. The van der Waals surface area contributed by atoms with Gasteiger partial charge in [0.1, 0.15) is 11.5 Å². The Morgan fingerprint density at radius 3 is 2.57 bits per heavy atom. The lowest BCUT2D eigenvalue weighted by Gasteiger charge is -2.08. The zero-order chi connectivity index (χ0) is 15.2. The lowest BCUT2D eigenvalue weighted by atomic mass is 10.2. The first-order chi connectivity index (χ1) is 10.1. The van der Waals surface area contributed by atoms with Crippen molar-refractivity contribution in [3.63, 3.8) is 0 Å². The third kappa shape index (κ3) is 4.35. The van der Waals surface area contributed by atoms with Crippen LogP contribution in [0.2, 0.25) is 0 Å². The maximum Gasteiger partial charge on any atom is 0.255 e. The van der Waals surface area contributed by atoms with E-state index in [-0.39, 0.29) is 11.7 Å². The van der Waals surface area contributed by atoms with Gasteiger partial charge in [-0.15, -0.1) is 0 Å². The van der Waals surface area contributed by atoms with Gasteiger partial charge in [0.2, 0.25) is 0 Å². The van der Waals surface area contributed by atoms with Gasteiger partial charge in [-0.2, -0.15) is 0 Å². The van der Waals surface area contributed by atoms with Crippen LogP contribution >= 0.6 is 22.6 Å². The summed E-state index contributed by atoms with van der Waals surface area (Å²) in [6.07, 6.45) is 0.953. The number of phenolic OH excluding ortho intramolecular Hbond substituents is 1. The van der Waals surface area contributed by atoms with E-state index in [1.807, 2.05) is 41.6 Å². The Kier molecular flexibility index (Phi) is 5.44. The molecule has 0 atom stereocenters. The summed E-state index contributed by atoms with van der Waals surface area (Å²) in [7, 11) is 0. The third-order valence-corrected chi connectivity index (χ3v) is 3.71. The number of hydrogen-bond donors (Lipinski definition) is 2. The molecule has 1 amide bonds. The fraction of sp³-hybridized carbons (Fsp3) is 0.188. The van der Waals surface area contributed by atoms with Gasteiger partial charge in [-0.3, -0.25) is 4.79 Å². The SMILES string of the molecule is CCCOc1ccc(NC(=O)c2ccc(I)c(O)c2)cc1. The number of phenols is 1. The minimum Gasteiger partial charge on any atom is -0.507 e. The average Bonchev–Trinajstić information content (AvgIpc) is 2.49. The summed E-state index contributed by atoms with van der Waals surface area (Å²) >= 11 is 2.01. The Labute approximate surface area is 137 Å². The van der Waals surface area contributed by atoms with Crippen LogP contribution in [-0.2, 0) is 0 Å². The molecule has 0 aliphatic rings. The first kappa shape index (κ1) is 15.6. The summed E-state index contributed by atoms with van der Waals surface area (Å²) in [6, 6.07) is 12.0. The minimum absolute atomic E-state index is 0.103. The number of aromatic hydroxyl groups is 1. The maximum atomic E-state index is 12.1. The lowest BCUT2D eigenvalue weighted by molar-refractivity contribution is 0.102. The molecule has 0 aliphatic heterocycles. The number of nitrogens with one attached hydrogen (secondary N) is 1. The minimum atomic E-state index is -0.260. The fourth-order valence-electron chi connectivity index (χ4n) is 1.71. The normalized spacial score (nSPS) is 10.2. The monoisotopic (exact) mass is 397 g/mol. The van der Waals surface area contributed by atoms with Crippen molar-refractivity contribution in [1.29, 1.82) is 0 Å². The smallest absolute Gasteiger partial charge is 0.255 e. The molecule has 0 unspecified atom stereocenters. The van der Waals surface area contributed by atoms with E-state index >= 15 is 0 Å². The number of anilines is 1. The summed E-state index contributed by atoms with van der Waals surface area (Å²) < 4.78 is 6.19. The van der Waals surface area contributed by atoms with Crippen LogP contribution in [0.15, 0.2) is 42.5 Å². The van der Waals surface area contributed by atoms with Gasteiger partial charge in [0.25, 0.3) is 5.91 Å². The molecule has 0 saturated heterocycles. The number of benzene rings is 2. The van der Waals surface area contributed by atoms with E-state index in [0.29, 0.717) is 21.4 Å². The second-order valence-electron chi connectivity index (χ2n) is 4.49. The van der Waals surface area contributed by atoms with Crippen LogP contribution in [0, 0.1) is 3.57 Å². The number of hydrogen-bond acceptors (Lipinski definition) is 3. The largest absolute Gasteiger partial charge is 0.507 e. The molecular weight excluding hydrogens is 381 g/mol. The molecule has 0 bridgehead atoms. The molecule has 0 aromatic heterocycles. The van der Waals surface area contributed by atoms with Crippen LogP contribution < -0.4 is 10.1 Å². The number of rotatable bonds is 5. The van der Waals surface area contributed by atoms with Crippen molar-refractivity contribution in [2.45, 2.75) is 13.3 Å². The van der Waals surface area contributed by atoms with Gasteiger partial charge < -0.3 is 15.2 Å². The van der Waals surface area contributed by atoms with E-state index in [1.54, 1.807) is 24.3 Å². The molecule has 0 saturated carbocycles. The van der Waals surface area contributed by atoms with Crippen LogP contribution in [0.3, 0.4) is 0 Å². The summed E-state index contributed by atoms with van der Waals surface area (Å²) in [6.45, 7) is 2.72. The van der Waals surface area contributed by atoms with Gasteiger partial charge in [0.05, 0.1) is 10.2 Å². The second kappa shape index (κ2) is 7.31. The van der Waals surface area contributed by atoms with Crippen LogP contribution in [0.25, 0.3) is 0 Å². The van der Waals surface area contributed by atoms with Crippen LogP contribution in [-0.4, -0.2) is 17.6 Å². The van der Waals surface area contributed by atoms with Crippen LogP contribution in [0.4, 0.5) is 5.69 Å². The van der Waals surface area contributed by atoms with Crippen molar-refractivity contribution in [3.8, 4) is 11.5 Å². The molecule has 0 spiro atoms. The first-order valence-corrected chi connectivity index (χ1v) is 7.70. The molecule has 5 heteroatoms. The van der Waals surface area contributed by atoms with Crippen molar-refractivity contribution in [3.05, 3.63) is 51.6 Å².